The summed E-state index contributed by atoms with van der Waals surface area (Å²) in [5.41, 5.74) is 8.87. The summed E-state index contributed by atoms with van der Waals surface area (Å²) in [5.74, 6) is 0.880. The van der Waals surface area contributed by atoms with E-state index in [1.54, 1.807) is 0 Å². The van der Waals surface area contributed by atoms with Crippen LogP contribution in [0.3, 0.4) is 0 Å². The molecule has 3 nitrogen and oxygen atoms in total. The van der Waals surface area contributed by atoms with Gasteiger partial charge in [0.1, 0.15) is 5.82 Å². The van der Waals surface area contributed by atoms with Crippen LogP contribution < -0.4 is 11.1 Å². The van der Waals surface area contributed by atoms with E-state index in [0.717, 1.165) is 22.6 Å². The zero-order valence-corrected chi connectivity index (χ0v) is 10.1. The third-order valence-electron chi connectivity index (χ3n) is 2.69. The molecule has 0 saturated carbocycles. The zero-order valence-electron chi connectivity index (χ0n) is 10.1. The molecule has 1 aromatic heterocycles. The van der Waals surface area contributed by atoms with Crippen molar-refractivity contribution in [2.24, 2.45) is 0 Å². The van der Waals surface area contributed by atoms with Gasteiger partial charge in [-0.3, -0.25) is 0 Å². The number of rotatable bonds is 3. The molecule has 1 aromatic carbocycles. The topological polar surface area (TPSA) is 50.9 Å². The minimum atomic E-state index is 0.189. The Morgan fingerprint density at radius 3 is 2.71 bits per heavy atom. The summed E-state index contributed by atoms with van der Waals surface area (Å²) in [6.07, 6.45) is 1.86. The van der Waals surface area contributed by atoms with Gasteiger partial charge in [0.25, 0.3) is 0 Å². The van der Waals surface area contributed by atoms with Gasteiger partial charge in [0.05, 0.1) is 6.04 Å². The van der Waals surface area contributed by atoms with Gasteiger partial charge in [-0.2, -0.15) is 0 Å². The lowest BCUT2D eigenvalue weighted by Gasteiger charge is -2.15. The first-order valence-electron chi connectivity index (χ1n) is 5.70. The summed E-state index contributed by atoms with van der Waals surface area (Å²) in [4.78, 5) is 4.32. The molecule has 0 saturated heterocycles. The monoisotopic (exact) mass is 227 g/mol. The lowest BCUT2D eigenvalue weighted by atomic mass is 10.1. The predicted octanol–water partition coefficient (Wildman–Crippen LogP) is 3.15. The van der Waals surface area contributed by atoms with E-state index in [0.29, 0.717) is 0 Å². The molecule has 3 N–H and O–H groups in total. The molecule has 0 bridgehead atoms. The van der Waals surface area contributed by atoms with Crippen LogP contribution in [0.15, 0.2) is 42.6 Å². The lowest BCUT2D eigenvalue weighted by Crippen LogP contribution is -2.08. The molecule has 0 spiro atoms. The van der Waals surface area contributed by atoms with Crippen molar-refractivity contribution < 1.29 is 0 Å². The Balaban J connectivity index is 2.11. The molecular formula is C14H17N3. The van der Waals surface area contributed by atoms with E-state index in [-0.39, 0.29) is 6.04 Å². The van der Waals surface area contributed by atoms with Crippen LogP contribution in [0.1, 0.15) is 24.1 Å². The second-order valence-electron chi connectivity index (χ2n) is 4.26. The summed E-state index contributed by atoms with van der Waals surface area (Å²) in [6.45, 7) is 4.12. The number of pyridine rings is 1. The number of anilines is 2. The third kappa shape index (κ3) is 2.97. The normalized spacial score (nSPS) is 12.1. The van der Waals surface area contributed by atoms with Crippen LogP contribution in [0.4, 0.5) is 11.5 Å². The molecule has 0 radical (unpaired) electrons. The zero-order chi connectivity index (χ0) is 12.3. The first-order valence-corrected chi connectivity index (χ1v) is 5.70. The van der Waals surface area contributed by atoms with Crippen molar-refractivity contribution in [3.05, 3.63) is 53.7 Å². The molecule has 0 aliphatic rings. The number of aromatic nitrogens is 1. The van der Waals surface area contributed by atoms with Gasteiger partial charge in [0.15, 0.2) is 0 Å². The molecule has 2 rings (SSSR count). The first kappa shape index (κ1) is 11.5. The number of hydrogen-bond acceptors (Lipinski definition) is 3. The molecule has 2 aromatic rings. The molecule has 17 heavy (non-hydrogen) atoms. The van der Waals surface area contributed by atoms with Gasteiger partial charge in [-0.15, -0.1) is 0 Å². The van der Waals surface area contributed by atoms with Crippen molar-refractivity contribution in [3.8, 4) is 0 Å². The van der Waals surface area contributed by atoms with Crippen LogP contribution in [0, 0.1) is 6.92 Å². The Morgan fingerprint density at radius 2 is 2.06 bits per heavy atom. The van der Waals surface area contributed by atoms with Crippen LogP contribution >= 0.6 is 0 Å². The van der Waals surface area contributed by atoms with Gasteiger partial charge in [-0.25, -0.2) is 4.98 Å². The molecular weight excluding hydrogens is 210 g/mol. The number of nitrogens with two attached hydrogens (primary N) is 1. The second kappa shape index (κ2) is 4.87. The van der Waals surface area contributed by atoms with Crippen LogP contribution in [0.5, 0.6) is 0 Å². The quantitative estimate of drug-likeness (QED) is 0.792. The van der Waals surface area contributed by atoms with Crippen LogP contribution in [-0.4, -0.2) is 4.98 Å². The van der Waals surface area contributed by atoms with Crippen LogP contribution in [-0.2, 0) is 0 Å². The van der Waals surface area contributed by atoms with Crippen molar-refractivity contribution in [1.82, 2.24) is 4.98 Å². The Kier molecular flexibility index (Phi) is 3.28. The fourth-order valence-corrected chi connectivity index (χ4v) is 1.69. The maximum atomic E-state index is 5.77. The molecule has 0 aliphatic heterocycles. The maximum absolute atomic E-state index is 5.77. The minimum absolute atomic E-state index is 0.189. The van der Waals surface area contributed by atoms with Gasteiger partial charge in [-0.05, 0) is 43.2 Å². The van der Waals surface area contributed by atoms with E-state index in [4.69, 9.17) is 5.73 Å². The minimum Gasteiger partial charge on any atom is -0.399 e. The number of nitrogen functional groups attached to an aromatic ring is 1. The predicted molar refractivity (Wildman–Crippen MR) is 71.9 cm³/mol. The Bertz CT molecular complexity index is 491. The highest BCUT2D eigenvalue weighted by Gasteiger charge is 2.05. The largest absolute Gasteiger partial charge is 0.399 e. The highest BCUT2D eigenvalue weighted by atomic mass is 15.0. The molecule has 0 fully saturated rings. The average molecular weight is 227 g/mol. The van der Waals surface area contributed by atoms with Crippen LogP contribution in [0.2, 0.25) is 0 Å². The van der Waals surface area contributed by atoms with Crippen molar-refractivity contribution >= 4 is 11.5 Å². The van der Waals surface area contributed by atoms with Crippen molar-refractivity contribution in [2.75, 3.05) is 11.1 Å². The Labute approximate surface area is 102 Å². The first-order chi connectivity index (χ1) is 8.15. The van der Waals surface area contributed by atoms with Crippen molar-refractivity contribution in [1.29, 1.82) is 0 Å². The van der Waals surface area contributed by atoms with Gasteiger partial charge in [-0.1, -0.05) is 18.2 Å². The molecule has 0 aliphatic carbocycles. The van der Waals surface area contributed by atoms with Gasteiger partial charge < -0.3 is 11.1 Å². The van der Waals surface area contributed by atoms with Crippen molar-refractivity contribution in [2.45, 2.75) is 19.9 Å². The van der Waals surface area contributed by atoms with Gasteiger partial charge >= 0.3 is 0 Å². The summed E-state index contributed by atoms with van der Waals surface area (Å²) in [7, 11) is 0. The number of nitrogens with zero attached hydrogens (tertiary/aromatic N) is 1. The summed E-state index contributed by atoms with van der Waals surface area (Å²) < 4.78 is 0. The molecule has 1 atom stereocenters. The van der Waals surface area contributed by atoms with E-state index >= 15 is 0 Å². The van der Waals surface area contributed by atoms with Gasteiger partial charge in [0.2, 0.25) is 0 Å². The fourth-order valence-electron chi connectivity index (χ4n) is 1.69. The highest BCUT2D eigenvalue weighted by molar-refractivity contribution is 5.44. The molecule has 88 valence electrons. The van der Waals surface area contributed by atoms with E-state index in [1.165, 1.54) is 0 Å². The van der Waals surface area contributed by atoms with E-state index in [1.807, 2.05) is 43.5 Å². The average Bonchev–Trinajstić information content (AvgIpc) is 2.32. The molecule has 3 heteroatoms. The summed E-state index contributed by atoms with van der Waals surface area (Å²) in [6, 6.07) is 12.1. The smallest absolute Gasteiger partial charge is 0.126 e. The number of aryl methyl sites for hydroxylation is 1. The van der Waals surface area contributed by atoms with E-state index in [9.17, 15) is 0 Å². The third-order valence-corrected chi connectivity index (χ3v) is 2.69. The second-order valence-corrected chi connectivity index (χ2v) is 4.26. The Hall–Kier alpha value is -2.03. The fraction of sp³-hybridized carbons (Fsp3) is 0.214. The molecule has 1 unspecified atom stereocenters. The SMILES string of the molecule is Cc1ccc(NC(C)c2cccc(N)c2)nc1. The number of hydrogen-bond donors (Lipinski definition) is 2. The number of nitrogens with one attached hydrogen (secondary N) is 1. The van der Waals surface area contributed by atoms with Crippen LogP contribution in [0.25, 0.3) is 0 Å². The van der Waals surface area contributed by atoms with E-state index in [2.05, 4.69) is 23.3 Å². The lowest BCUT2D eigenvalue weighted by molar-refractivity contribution is 0.875. The summed E-state index contributed by atoms with van der Waals surface area (Å²) >= 11 is 0. The maximum Gasteiger partial charge on any atom is 0.126 e. The molecule has 1 heterocycles. The standard InChI is InChI=1S/C14H17N3/c1-10-6-7-14(16-9-10)17-11(2)12-4-3-5-13(15)8-12/h3-9,11H,15H2,1-2H3,(H,16,17). The summed E-state index contributed by atoms with van der Waals surface area (Å²) in [5, 5.41) is 3.35. The van der Waals surface area contributed by atoms with E-state index < -0.39 is 0 Å². The molecule has 0 amide bonds. The highest BCUT2D eigenvalue weighted by Crippen LogP contribution is 2.19. The number of benzene rings is 1. The van der Waals surface area contributed by atoms with Crippen molar-refractivity contribution in [3.63, 3.8) is 0 Å². The van der Waals surface area contributed by atoms with Gasteiger partial charge in [0, 0.05) is 11.9 Å². The Morgan fingerprint density at radius 1 is 1.24 bits per heavy atom.